The number of hydrogen-bond donors (Lipinski definition) is 3. The summed E-state index contributed by atoms with van der Waals surface area (Å²) < 4.78 is 29.7. The van der Waals surface area contributed by atoms with Crippen LogP contribution in [-0.2, 0) is 15.7 Å². The third-order valence-corrected chi connectivity index (χ3v) is 7.53. The topological polar surface area (TPSA) is 122 Å². The molecule has 3 N–H and O–H groups in total. The van der Waals surface area contributed by atoms with Gasteiger partial charge in [-0.05, 0) is 12.1 Å². The highest BCUT2D eigenvalue weighted by molar-refractivity contribution is 7.73. The van der Waals surface area contributed by atoms with Gasteiger partial charge >= 0.3 is 7.60 Å². The van der Waals surface area contributed by atoms with E-state index in [1.165, 1.54) is 18.0 Å². The summed E-state index contributed by atoms with van der Waals surface area (Å²) in [7, 11) is -7.17. The highest BCUT2D eigenvalue weighted by atomic mass is 31.2. The maximum absolute atomic E-state index is 11.7. The first-order valence-corrected chi connectivity index (χ1v) is 9.82. The Balaban J connectivity index is 2.43. The smallest absolute Gasteiger partial charge is 0.340 e. The maximum atomic E-state index is 11.7. The molecule has 0 aliphatic carbocycles. The van der Waals surface area contributed by atoms with Crippen LogP contribution in [0.25, 0.3) is 11.0 Å². The lowest BCUT2D eigenvalue weighted by Crippen LogP contribution is -2.16. The van der Waals surface area contributed by atoms with Gasteiger partial charge in [-0.15, -0.1) is 0 Å². The van der Waals surface area contributed by atoms with Crippen LogP contribution in [0.2, 0.25) is 0 Å². The lowest BCUT2D eigenvalue weighted by Gasteiger charge is -2.21. The average Bonchev–Trinajstić information content (AvgIpc) is 2.75. The van der Waals surface area contributed by atoms with Crippen molar-refractivity contribution in [1.82, 2.24) is 9.55 Å². The van der Waals surface area contributed by atoms with Crippen molar-refractivity contribution in [2.75, 3.05) is 13.8 Å². The van der Waals surface area contributed by atoms with Gasteiger partial charge in [0.15, 0.2) is 5.40 Å². The SMILES string of the molecule is COc1ccc2c(c1)ncn2CC(P(C)(=O)O)P(=O)(O)O. The molecular formula is C11H16N2O6P2. The van der Waals surface area contributed by atoms with Gasteiger partial charge in [-0.3, -0.25) is 9.13 Å². The first-order valence-electron chi connectivity index (χ1n) is 5.97. The van der Waals surface area contributed by atoms with Crippen molar-refractivity contribution in [3.05, 3.63) is 24.5 Å². The van der Waals surface area contributed by atoms with Gasteiger partial charge in [-0.2, -0.15) is 0 Å². The number of methoxy groups -OCH3 is 1. The van der Waals surface area contributed by atoms with Crippen molar-refractivity contribution in [3.63, 3.8) is 0 Å². The summed E-state index contributed by atoms with van der Waals surface area (Å²) in [6.45, 7) is 0.649. The Labute approximate surface area is 121 Å². The monoisotopic (exact) mass is 334 g/mol. The molecule has 0 saturated carbocycles. The minimum atomic E-state index is -4.72. The first kappa shape index (κ1) is 16.2. The van der Waals surface area contributed by atoms with Gasteiger partial charge in [0.2, 0.25) is 7.37 Å². The number of rotatable bonds is 5. The molecule has 0 spiro atoms. The van der Waals surface area contributed by atoms with Gasteiger partial charge in [-0.1, -0.05) is 0 Å². The molecule has 0 radical (unpaired) electrons. The second kappa shape index (κ2) is 5.55. The van der Waals surface area contributed by atoms with E-state index in [-0.39, 0.29) is 6.54 Å². The van der Waals surface area contributed by atoms with Gasteiger partial charge in [0.05, 0.1) is 24.5 Å². The van der Waals surface area contributed by atoms with Crippen LogP contribution in [0.1, 0.15) is 0 Å². The number of imidazole rings is 1. The molecule has 0 fully saturated rings. The molecule has 0 aliphatic rings. The third kappa shape index (κ3) is 3.54. The third-order valence-electron chi connectivity index (χ3n) is 3.13. The maximum Gasteiger partial charge on any atom is 0.340 e. The molecule has 2 aromatic rings. The van der Waals surface area contributed by atoms with Gasteiger partial charge in [0.25, 0.3) is 0 Å². The van der Waals surface area contributed by atoms with E-state index in [1.807, 2.05) is 0 Å². The van der Waals surface area contributed by atoms with Crippen LogP contribution in [0.4, 0.5) is 0 Å². The van der Waals surface area contributed by atoms with Crippen molar-refractivity contribution in [2.45, 2.75) is 11.9 Å². The molecule has 1 aromatic carbocycles. The summed E-state index contributed by atoms with van der Waals surface area (Å²) in [5.41, 5.74) is 1.17. The Bertz CT molecular complexity index is 724. The van der Waals surface area contributed by atoms with Crippen molar-refractivity contribution >= 4 is 26.0 Å². The number of nitrogens with zero attached hydrogens (tertiary/aromatic N) is 2. The number of hydrogen-bond acceptors (Lipinski definition) is 4. The summed E-state index contributed by atoms with van der Waals surface area (Å²) in [6, 6.07) is 5.02. The fraction of sp³-hybridized carbons (Fsp3) is 0.364. The summed E-state index contributed by atoms with van der Waals surface area (Å²) in [4.78, 5) is 32.3. The molecule has 0 amide bonds. The van der Waals surface area contributed by atoms with E-state index in [0.29, 0.717) is 16.8 Å². The van der Waals surface area contributed by atoms with Crippen LogP contribution in [0.15, 0.2) is 24.5 Å². The van der Waals surface area contributed by atoms with E-state index < -0.39 is 20.4 Å². The van der Waals surface area contributed by atoms with Gasteiger partial charge < -0.3 is 24.0 Å². The van der Waals surface area contributed by atoms with E-state index >= 15 is 0 Å². The highest BCUT2D eigenvalue weighted by Crippen LogP contribution is 2.60. The Morgan fingerprint density at radius 2 is 2.00 bits per heavy atom. The number of benzene rings is 1. The van der Waals surface area contributed by atoms with E-state index in [1.54, 1.807) is 18.2 Å². The highest BCUT2D eigenvalue weighted by Gasteiger charge is 2.41. The summed E-state index contributed by atoms with van der Waals surface area (Å²) >= 11 is 0. The predicted octanol–water partition coefficient (Wildman–Crippen LogP) is 1.45. The predicted molar refractivity (Wildman–Crippen MR) is 77.9 cm³/mol. The molecule has 1 aromatic heterocycles. The van der Waals surface area contributed by atoms with Crippen molar-refractivity contribution in [1.29, 1.82) is 0 Å². The Morgan fingerprint density at radius 1 is 1.33 bits per heavy atom. The summed E-state index contributed by atoms with van der Waals surface area (Å²) in [6.07, 6.45) is 1.38. The molecule has 116 valence electrons. The quantitative estimate of drug-likeness (QED) is 0.707. The van der Waals surface area contributed by atoms with Crippen LogP contribution in [0.5, 0.6) is 5.75 Å². The zero-order chi connectivity index (χ0) is 15.8. The van der Waals surface area contributed by atoms with E-state index in [9.17, 15) is 23.8 Å². The molecule has 2 unspecified atom stereocenters. The molecule has 0 aliphatic heterocycles. The number of ether oxygens (including phenoxy) is 1. The molecule has 1 heterocycles. The Kier molecular flexibility index (Phi) is 4.29. The summed E-state index contributed by atoms with van der Waals surface area (Å²) in [5.74, 6) is 0.600. The molecule has 8 nitrogen and oxygen atoms in total. The van der Waals surface area contributed by atoms with Gasteiger partial charge in [0.1, 0.15) is 5.75 Å². The second-order valence-electron chi connectivity index (χ2n) is 4.76. The molecule has 0 bridgehead atoms. The van der Waals surface area contributed by atoms with Crippen LogP contribution < -0.4 is 4.74 Å². The van der Waals surface area contributed by atoms with Crippen LogP contribution in [0.3, 0.4) is 0 Å². The van der Waals surface area contributed by atoms with E-state index in [4.69, 9.17) is 4.74 Å². The van der Waals surface area contributed by atoms with Crippen LogP contribution in [-0.4, -0.2) is 43.4 Å². The fourth-order valence-corrected chi connectivity index (χ4v) is 5.13. The zero-order valence-corrected chi connectivity index (χ0v) is 13.2. The number of fused-ring (bicyclic) bond motifs is 1. The molecule has 2 rings (SSSR count). The normalized spacial score (nSPS) is 16.6. The van der Waals surface area contributed by atoms with Crippen molar-refractivity contribution in [3.8, 4) is 5.75 Å². The molecule has 2 atom stereocenters. The van der Waals surface area contributed by atoms with Crippen molar-refractivity contribution in [2.24, 2.45) is 0 Å². The van der Waals surface area contributed by atoms with Crippen molar-refractivity contribution < 1.29 is 28.5 Å². The largest absolute Gasteiger partial charge is 0.497 e. The lowest BCUT2D eigenvalue weighted by molar-refractivity contribution is 0.358. The summed E-state index contributed by atoms with van der Waals surface area (Å²) in [5, 5.41) is -1.66. The number of aromatic nitrogens is 2. The zero-order valence-electron chi connectivity index (χ0n) is 11.4. The molecular weight excluding hydrogens is 318 g/mol. The first-order chi connectivity index (χ1) is 9.63. The lowest BCUT2D eigenvalue weighted by atomic mass is 10.3. The fourth-order valence-electron chi connectivity index (χ4n) is 2.03. The molecule has 21 heavy (non-hydrogen) atoms. The average molecular weight is 334 g/mol. The molecule has 0 saturated heterocycles. The van der Waals surface area contributed by atoms with Gasteiger partial charge in [-0.25, -0.2) is 4.98 Å². The Hall–Kier alpha value is -1.17. The van der Waals surface area contributed by atoms with E-state index in [0.717, 1.165) is 6.66 Å². The van der Waals surface area contributed by atoms with Crippen LogP contribution in [0, 0.1) is 0 Å². The standard InChI is InChI=1S/C11H16N2O6P2/c1-19-8-3-4-10-9(5-8)12-7-13(10)6-11(20(2,14)15)21(16,17)18/h3-5,7,11H,6H2,1-2H3,(H,14,15)(H2,16,17,18). The minimum absolute atomic E-state index is 0.294. The van der Waals surface area contributed by atoms with Gasteiger partial charge in [0, 0.05) is 19.3 Å². The minimum Gasteiger partial charge on any atom is -0.497 e. The Morgan fingerprint density at radius 3 is 2.52 bits per heavy atom. The second-order valence-corrected chi connectivity index (χ2v) is 9.48. The van der Waals surface area contributed by atoms with Crippen LogP contribution >= 0.6 is 15.0 Å². The molecule has 10 heteroatoms. The van der Waals surface area contributed by atoms with E-state index in [2.05, 4.69) is 4.98 Å².